The number of nitrogen functional groups attached to an aromatic ring is 1. The summed E-state index contributed by atoms with van der Waals surface area (Å²) in [5.41, 5.74) is 8.94. The fraction of sp³-hybridized carbons (Fsp3) is 0.333. The second-order valence-corrected chi connectivity index (χ2v) is 8.22. The number of carbonyl (C=O) groups is 1. The largest absolute Gasteiger partial charge is 0.433 e. The summed E-state index contributed by atoms with van der Waals surface area (Å²) in [5, 5.41) is 8.01. The van der Waals surface area contributed by atoms with Gasteiger partial charge in [-0.25, -0.2) is 4.98 Å². The Morgan fingerprint density at radius 3 is 2.26 bits per heavy atom. The van der Waals surface area contributed by atoms with E-state index in [4.69, 9.17) is 11.6 Å². The highest BCUT2D eigenvalue weighted by Crippen LogP contribution is 2.32. The van der Waals surface area contributed by atoms with E-state index in [9.17, 15) is 18.0 Å². The van der Waals surface area contributed by atoms with Gasteiger partial charge in [-0.15, -0.1) is 10.2 Å². The van der Waals surface area contributed by atoms with Crippen LogP contribution in [0.1, 0.15) is 60.1 Å². The van der Waals surface area contributed by atoms with E-state index in [0.717, 1.165) is 11.6 Å². The molecule has 5 rings (SSSR count). The van der Waals surface area contributed by atoms with Crippen LogP contribution in [0.2, 0.25) is 0 Å². The Morgan fingerprint density at radius 1 is 1.03 bits per heavy atom. The highest BCUT2D eigenvalue weighted by molar-refractivity contribution is 5.93. The minimum absolute atomic E-state index is 0.214. The van der Waals surface area contributed by atoms with Crippen molar-refractivity contribution < 1.29 is 18.0 Å². The second kappa shape index (κ2) is 11.6. The topological polar surface area (TPSA) is 124 Å². The SMILES string of the molecule is C1CCCCC1.Cc1ccc2nc(C(F)(F)F)cc(NN)c2c1.NC(=O)c1ccc2nncn2c1. The summed E-state index contributed by atoms with van der Waals surface area (Å²) >= 11 is 0. The monoisotopic (exact) mass is 487 g/mol. The fourth-order valence-corrected chi connectivity index (χ4v) is 3.64. The van der Waals surface area contributed by atoms with Gasteiger partial charge in [-0.2, -0.15) is 13.2 Å². The van der Waals surface area contributed by atoms with E-state index >= 15 is 0 Å². The first-order chi connectivity index (χ1) is 16.7. The molecule has 1 fully saturated rings. The molecule has 4 aromatic rings. The lowest BCUT2D eigenvalue weighted by Crippen LogP contribution is -2.12. The third-order valence-corrected chi connectivity index (χ3v) is 5.49. The van der Waals surface area contributed by atoms with Gasteiger partial charge in [-0.05, 0) is 37.3 Å². The van der Waals surface area contributed by atoms with Gasteiger partial charge in [0, 0.05) is 11.6 Å². The summed E-state index contributed by atoms with van der Waals surface area (Å²) in [5.74, 6) is 4.78. The van der Waals surface area contributed by atoms with Crippen molar-refractivity contribution in [1.29, 1.82) is 0 Å². The first-order valence-corrected chi connectivity index (χ1v) is 11.2. The first kappa shape index (κ1) is 25.9. The molecule has 0 radical (unpaired) electrons. The van der Waals surface area contributed by atoms with Gasteiger partial charge in [0.2, 0.25) is 5.91 Å². The molecule has 0 spiro atoms. The van der Waals surface area contributed by atoms with Gasteiger partial charge in [0.15, 0.2) is 5.65 Å². The van der Waals surface area contributed by atoms with Gasteiger partial charge in [0.25, 0.3) is 0 Å². The van der Waals surface area contributed by atoms with Crippen LogP contribution < -0.4 is 17.0 Å². The van der Waals surface area contributed by atoms with Crippen LogP contribution in [-0.4, -0.2) is 25.5 Å². The average molecular weight is 488 g/mol. The smallest absolute Gasteiger partial charge is 0.366 e. The number of rotatable bonds is 2. The zero-order chi connectivity index (χ0) is 25.4. The summed E-state index contributed by atoms with van der Waals surface area (Å²) < 4.78 is 39.4. The molecule has 5 N–H and O–H groups in total. The number of pyridine rings is 2. The summed E-state index contributed by atoms with van der Waals surface area (Å²) in [6.07, 6.45) is 7.63. The van der Waals surface area contributed by atoms with E-state index in [1.807, 2.05) is 6.92 Å². The van der Waals surface area contributed by atoms with Crippen LogP contribution in [0.4, 0.5) is 18.9 Å². The summed E-state index contributed by atoms with van der Waals surface area (Å²) in [4.78, 5) is 14.3. The van der Waals surface area contributed by atoms with Gasteiger partial charge < -0.3 is 11.2 Å². The zero-order valence-corrected chi connectivity index (χ0v) is 19.3. The number of hydrogen-bond donors (Lipinski definition) is 3. The maximum atomic E-state index is 12.6. The van der Waals surface area contributed by atoms with E-state index in [0.29, 0.717) is 16.6 Å². The molecule has 1 saturated carbocycles. The van der Waals surface area contributed by atoms with E-state index in [1.54, 1.807) is 40.9 Å². The van der Waals surface area contributed by atoms with Crippen molar-refractivity contribution in [1.82, 2.24) is 19.6 Å². The summed E-state index contributed by atoms with van der Waals surface area (Å²) in [7, 11) is 0. The van der Waals surface area contributed by atoms with Crippen molar-refractivity contribution in [3.63, 3.8) is 0 Å². The molecule has 0 aliphatic heterocycles. The van der Waals surface area contributed by atoms with Crippen molar-refractivity contribution in [3.8, 4) is 0 Å². The lowest BCUT2D eigenvalue weighted by molar-refractivity contribution is -0.140. The maximum absolute atomic E-state index is 12.6. The number of fused-ring (bicyclic) bond motifs is 2. The predicted octanol–water partition coefficient (Wildman–Crippen LogP) is 5.02. The first-order valence-electron chi connectivity index (χ1n) is 11.2. The van der Waals surface area contributed by atoms with Crippen LogP contribution in [0.15, 0.2) is 48.9 Å². The molecule has 1 aromatic carbocycles. The number of aromatic nitrogens is 4. The van der Waals surface area contributed by atoms with Crippen molar-refractivity contribution in [2.45, 2.75) is 51.6 Å². The van der Waals surface area contributed by atoms with Gasteiger partial charge in [-0.3, -0.25) is 15.0 Å². The number of hydrogen-bond acceptors (Lipinski definition) is 6. The molecule has 11 heteroatoms. The molecule has 3 heterocycles. The van der Waals surface area contributed by atoms with Crippen LogP contribution >= 0.6 is 0 Å². The van der Waals surface area contributed by atoms with Crippen molar-refractivity contribution >= 4 is 28.1 Å². The molecule has 3 aromatic heterocycles. The van der Waals surface area contributed by atoms with Gasteiger partial charge in [-0.1, -0.05) is 50.2 Å². The number of hydrazine groups is 1. The number of carbonyl (C=O) groups excluding carboxylic acids is 1. The number of alkyl halides is 3. The van der Waals surface area contributed by atoms with Gasteiger partial charge in [0.05, 0.1) is 16.8 Å². The third-order valence-electron chi connectivity index (χ3n) is 5.49. The van der Waals surface area contributed by atoms with Gasteiger partial charge >= 0.3 is 6.18 Å². The van der Waals surface area contributed by atoms with Crippen LogP contribution in [-0.2, 0) is 6.18 Å². The average Bonchev–Trinajstić information content (AvgIpc) is 3.33. The number of primary amides is 1. The number of aryl methyl sites for hydroxylation is 1. The highest BCUT2D eigenvalue weighted by atomic mass is 19.4. The van der Waals surface area contributed by atoms with E-state index in [-0.39, 0.29) is 11.2 Å². The Bertz CT molecular complexity index is 1270. The second-order valence-electron chi connectivity index (χ2n) is 8.22. The Balaban J connectivity index is 0.000000164. The van der Waals surface area contributed by atoms with Crippen LogP contribution in [0.25, 0.3) is 16.6 Å². The van der Waals surface area contributed by atoms with E-state index < -0.39 is 17.8 Å². The Labute approximate surface area is 200 Å². The highest BCUT2D eigenvalue weighted by Gasteiger charge is 2.33. The molecule has 1 aliphatic rings. The maximum Gasteiger partial charge on any atom is 0.433 e. The molecule has 0 unspecified atom stereocenters. The molecule has 1 amide bonds. The number of nitrogens with two attached hydrogens (primary N) is 2. The van der Waals surface area contributed by atoms with Gasteiger partial charge in [0.1, 0.15) is 12.0 Å². The Kier molecular flexibility index (Phi) is 8.58. The Morgan fingerprint density at radius 2 is 1.69 bits per heavy atom. The molecule has 1 aliphatic carbocycles. The van der Waals surface area contributed by atoms with Crippen molar-refractivity contribution in [2.24, 2.45) is 11.6 Å². The molecule has 0 atom stereocenters. The van der Waals surface area contributed by atoms with E-state index in [1.165, 1.54) is 44.9 Å². The summed E-state index contributed by atoms with van der Waals surface area (Å²) in [6, 6.07) is 9.19. The standard InChI is InChI=1S/C11H10F3N3.C7H6N4O.C6H12/c1-6-2-3-8-7(4-6)9(17-15)5-10(16-8)11(12,13)14;8-7(12)5-1-2-6-10-9-4-11(6)3-5;1-2-4-6-5-3-1/h2-5H,15H2,1H3,(H,16,17);1-4H,(H2,8,12);1-6H2. The quantitative estimate of drug-likeness (QED) is 0.269. The van der Waals surface area contributed by atoms with Crippen LogP contribution in [0.3, 0.4) is 0 Å². The van der Waals surface area contributed by atoms with E-state index in [2.05, 4.69) is 20.6 Å². The Hall–Kier alpha value is -3.73. The van der Waals surface area contributed by atoms with Crippen molar-refractivity contribution in [2.75, 3.05) is 5.43 Å². The molecular formula is C24H28F3N7O. The molecular weight excluding hydrogens is 459 g/mol. The number of nitrogens with one attached hydrogen (secondary N) is 1. The normalized spacial score (nSPS) is 13.4. The number of benzene rings is 1. The molecule has 186 valence electrons. The number of halogens is 3. The minimum atomic E-state index is -4.48. The third kappa shape index (κ3) is 7.12. The van der Waals surface area contributed by atoms with Crippen LogP contribution in [0.5, 0.6) is 0 Å². The summed E-state index contributed by atoms with van der Waals surface area (Å²) in [6.45, 7) is 1.84. The molecule has 0 bridgehead atoms. The van der Waals surface area contributed by atoms with Crippen LogP contribution in [0, 0.1) is 6.92 Å². The van der Waals surface area contributed by atoms with Crippen molar-refractivity contribution in [3.05, 3.63) is 65.7 Å². The molecule has 0 saturated heterocycles. The fourth-order valence-electron chi connectivity index (χ4n) is 3.64. The number of amides is 1. The number of nitrogens with zero attached hydrogens (tertiary/aromatic N) is 4. The lowest BCUT2D eigenvalue weighted by Gasteiger charge is -2.11. The molecule has 8 nitrogen and oxygen atoms in total. The number of anilines is 1. The zero-order valence-electron chi connectivity index (χ0n) is 19.3. The minimum Gasteiger partial charge on any atom is -0.366 e. The predicted molar refractivity (Wildman–Crippen MR) is 128 cm³/mol. The molecule has 35 heavy (non-hydrogen) atoms. The lowest BCUT2D eigenvalue weighted by atomic mass is 10.0.